The van der Waals surface area contributed by atoms with E-state index in [9.17, 15) is 0 Å². The maximum absolute atomic E-state index is 4.71. The second kappa shape index (κ2) is 4.00. The van der Waals surface area contributed by atoms with Crippen molar-refractivity contribution >= 4 is 0 Å². The van der Waals surface area contributed by atoms with E-state index in [2.05, 4.69) is 42.7 Å². The number of fused-ring (bicyclic) bond motifs is 1. The Bertz CT molecular complexity index is 542. The minimum Gasteiger partial charge on any atom is -0.312 e. The molecule has 0 spiro atoms. The maximum atomic E-state index is 4.71. The minimum absolute atomic E-state index is 0.427. The smallest absolute Gasteiger partial charge is 0.0830 e. The summed E-state index contributed by atoms with van der Waals surface area (Å²) in [7, 11) is 2.01. The Morgan fingerprint density at radius 3 is 3.06 bits per heavy atom. The van der Waals surface area contributed by atoms with Crippen molar-refractivity contribution in [3.05, 3.63) is 47.3 Å². The number of nitrogens with one attached hydrogen (secondary N) is 1. The van der Waals surface area contributed by atoms with Gasteiger partial charge >= 0.3 is 0 Å². The Morgan fingerprint density at radius 1 is 1.41 bits per heavy atom. The summed E-state index contributed by atoms with van der Waals surface area (Å²) in [6, 6.07) is 8.88. The quantitative estimate of drug-likeness (QED) is 0.853. The summed E-state index contributed by atoms with van der Waals surface area (Å²) in [5.74, 6) is 0. The fourth-order valence-corrected chi connectivity index (χ4v) is 2.53. The van der Waals surface area contributed by atoms with Crippen molar-refractivity contribution in [2.75, 3.05) is 7.05 Å². The summed E-state index contributed by atoms with van der Waals surface area (Å²) in [5, 5.41) is 8.03. The minimum atomic E-state index is 0.427. The van der Waals surface area contributed by atoms with Gasteiger partial charge in [-0.15, -0.1) is 0 Å². The number of aromatic nitrogens is 2. The van der Waals surface area contributed by atoms with Crippen molar-refractivity contribution in [2.24, 2.45) is 0 Å². The molecular formula is C14H17N3. The first-order valence-electron chi connectivity index (χ1n) is 6.10. The third-order valence-corrected chi connectivity index (χ3v) is 3.47. The molecule has 88 valence electrons. The van der Waals surface area contributed by atoms with E-state index >= 15 is 0 Å². The lowest BCUT2D eigenvalue weighted by atomic mass is 10.2. The Balaban J connectivity index is 2.01. The van der Waals surface area contributed by atoms with Crippen molar-refractivity contribution in [3.8, 4) is 5.69 Å². The van der Waals surface area contributed by atoms with Crippen LogP contribution in [0.25, 0.3) is 5.69 Å². The molecule has 0 radical (unpaired) electrons. The molecule has 2 aromatic rings. The number of rotatable bonds is 2. The van der Waals surface area contributed by atoms with Gasteiger partial charge in [0.2, 0.25) is 0 Å². The third-order valence-electron chi connectivity index (χ3n) is 3.47. The van der Waals surface area contributed by atoms with E-state index in [0.717, 1.165) is 12.1 Å². The molecule has 1 N–H and O–H groups in total. The van der Waals surface area contributed by atoms with E-state index in [0.29, 0.717) is 6.04 Å². The van der Waals surface area contributed by atoms with Gasteiger partial charge in [0, 0.05) is 6.20 Å². The Labute approximate surface area is 101 Å². The predicted octanol–water partition coefficient (Wildman–Crippen LogP) is 2.39. The molecule has 0 saturated heterocycles. The van der Waals surface area contributed by atoms with Crippen LogP contribution in [-0.4, -0.2) is 16.8 Å². The normalized spacial score (nSPS) is 18.4. The summed E-state index contributed by atoms with van der Waals surface area (Å²) < 4.78 is 2.00. The van der Waals surface area contributed by atoms with Crippen LogP contribution < -0.4 is 5.32 Å². The van der Waals surface area contributed by atoms with Crippen molar-refractivity contribution in [1.29, 1.82) is 0 Å². The zero-order valence-corrected chi connectivity index (χ0v) is 10.3. The molecule has 3 nitrogen and oxygen atoms in total. The molecule has 0 amide bonds. The van der Waals surface area contributed by atoms with Crippen LogP contribution in [0, 0.1) is 6.92 Å². The van der Waals surface area contributed by atoms with Gasteiger partial charge < -0.3 is 5.32 Å². The summed E-state index contributed by atoms with van der Waals surface area (Å²) in [4.78, 5) is 0. The zero-order chi connectivity index (χ0) is 11.8. The molecule has 0 saturated carbocycles. The van der Waals surface area contributed by atoms with Gasteiger partial charge in [-0.05, 0) is 50.1 Å². The topological polar surface area (TPSA) is 29.9 Å². The molecule has 0 fully saturated rings. The first-order chi connectivity index (χ1) is 8.28. The van der Waals surface area contributed by atoms with Crippen molar-refractivity contribution < 1.29 is 0 Å². The van der Waals surface area contributed by atoms with E-state index in [-0.39, 0.29) is 0 Å². The van der Waals surface area contributed by atoms with Crippen LogP contribution in [0.4, 0.5) is 0 Å². The lowest BCUT2D eigenvalue weighted by molar-refractivity contribution is 0.566. The Morgan fingerprint density at radius 2 is 2.29 bits per heavy atom. The van der Waals surface area contributed by atoms with Crippen LogP contribution in [0.2, 0.25) is 0 Å². The Kier molecular flexibility index (Phi) is 2.48. The molecule has 0 bridgehead atoms. The van der Waals surface area contributed by atoms with Crippen LogP contribution in [0.5, 0.6) is 0 Å². The standard InChI is InChI=1S/C14H17N3/c1-10-4-3-5-12(8-10)17-9-11-6-7-13(15-2)14(11)16-17/h3-5,8-9,13,15H,6-7H2,1-2H3. The lowest BCUT2D eigenvalue weighted by Crippen LogP contribution is -2.14. The molecule has 1 aromatic heterocycles. The highest BCUT2D eigenvalue weighted by Gasteiger charge is 2.24. The van der Waals surface area contributed by atoms with Gasteiger partial charge in [0.15, 0.2) is 0 Å². The number of aryl methyl sites for hydroxylation is 2. The molecule has 1 atom stereocenters. The molecule has 1 aliphatic rings. The van der Waals surface area contributed by atoms with Crippen LogP contribution >= 0.6 is 0 Å². The van der Waals surface area contributed by atoms with Crippen molar-refractivity contribution in [1.82, 2.24) is 15.1 Å². The highest BCUT2D eigenvalue weighted by Crippen LogP contribution is 2.30. The fraction of sp³-hybridized carbons (Fsp3) is 0.357. The summed E-state index contributed by atoms with van der Waals surface area (Å²) >= 11 is 0. The molecule has 0 aliphatic heterocycles. The second-order valence-electron chi connectivity index (χ2n) is 4.70. The third kappa shape index (κ3) is 1.76. The van der Waals surface area contributed by atoms with Gasteiger partial charge in [0.25, 0.3) is 0 Å². The first-order valence-corrected chi connectivity index (χ1v) is 6.10. The highest BCUT2D eigenvalue weighted by atomic mass is 15.3. The molecule has 3 rings (SSSR count). The van der Waals surface area contributed by atoms with Gasteiger partial charge in [0.1, 0.15) is 0 Å². The van der Waals surface area contributed by atoms with Crippen molar-refractivity contribution in [2.45, 2.75) is 25.8 Å². The van der Waals surface area contributed by atoms with Gasteiger partial charge in [-0.2, -0.15) is 5.10 Å². The summed E-state index contributed by atoms with van der Waals surface area (Å²) in [6.45, 7) is 2.11. The molecule has 1 heterocycles. The van der Waals surface area contributed by atoms with E-state index in [1.807, 2.05) is 11.7 Å². The summed E-state index contributed by atoms with van der Waals surface area (Å²) in [5.41, 5.74) is 5.01. The highest BCUT2D eigenvalue weighted by molar-refractivity contribution is 5.37. The SMILES string of the molecule is CNC1CCc2cn(-c3cccc(C)c3)nc21. The van der Waals surface area contributed by atoms with E-state index in [4.69, 9.17) is 5.10 Å². The second-order valence-corrected chi connectivity index (χ2v) is 4.70. The van der Waals surface area contributed by atoms with E-state index in [1.165, 1.54) is 23.2 Å². The summed E-state index contributed by atoms with van der Waals surface area (Å²) in [6.07, 6.45) is 4.47. The van der Waals surface area contributed by atoms with Crippen LogP contribution in [-0.2, 0) is 6.42 Å². The van der Waals surface area contributed by atoms with Gasteiger partial charge in [-0.25, -0.2) is 4.68 Å². The molecule has 1 aromatic carbocycles. The first kappa shape index (κ1) is 10.5. The zero-order valence-electron chi connectivity index (χ0n) is 10.3. The average molecular weight is 227 g/mol. The van der Waals surface area contributed by atoms with E-state index in [1.54, 1.807) is 0 Å². The van der Waals surface area contributed by atoms with Gasteiger partial charge in [0.05, 0.1) is 17.4 Å². The number of hydrogen-bond acceptors (Lipinski definition) is 2. The van der Waals surface area contributed by atoms with Crippen molar-refractivity contribution in [3.63, 3.8) is 0 Å². The largest absolute Gasteiger partial charge is 0.312 e. The maximum Gasteiger partial charge on any atom is 0.0830 e. The van der Waals surface area contributed by atoms with Gasteiger partial charge in [-0.1, -0.05) is 12.1 Å². The van der Waals surface area contributed by atoms with Crippen LogP contribution in [0.1, 0.15) is 29.3 Å². The molecule has 1 aliphatic carbocycles. The monoisotopic (exact) mass is 227 g/mol. The van der Waals surface area contributed by atoms with Crippen LogP contribution in [0.15, 0.2) is 30.5 Å². The fourth-order valence-electron chi connectivity index (χ4n) is 2.53. The number of hydrogen-bond donors (Lipinski definition) is 1. The predicted molar refractivity (Wildman–Crippen MR) is 68.4 cm³/mol. The number of nitrogens with zero attached hydrogens (tertiary/aromatic N) is 2. The van der Waals surface area contributed by atoms with Gasteiger partial charge in [-0.3, -0.25) is 0 Å². The molecular weight excluding hydrogens is 210 g/mol. The molecule has 17 heavy (non-hydrogen) atoms. The molecule has 1 unspecified atom stereocenters. The van der Waals surface area contributed by atoms with E-state index < -0.39 is 0 Å². The lowest BCUT2D eigenvalue weighted by Gasteiger charge is -2.07. The molecule has 3 heteroatoms. The number of benzene rings is 1. The Hall–Kier alpha value is -1.61. The average Bonchev–Trinajstić information content (AvgIpc) is 2.87. The van der Waals surface area contributed by atoms with Crippen LogP contribution in [0.3, 0.4) is 0 Å².